The number of pyridine rings is 1. The second-order valence-corrected chi connectivity index (χ2v) is 7.35. The number of carbonyl (C=O) groups excluding carboxylic acids is 1. The zero-order valence-electron chi connectivity index (χ0n) is 17.9. The maximum absolute atomic E-state index is 13.3. The van der Waals surface area contributed by atoms with Gasteiger partial charge in [-0.2, -0.15) is 5.10 Å². The molecule has 4 rings (SSSR count). The Bertz CT molecular complexity index is 1250. The molecule has 4 aromatic rings. The predicted octanol–water partition coefficient (Wildman–Crippen LogP) is 4.95. The van der Waals surface area contributed by atoms with Crippen molar-refractivity contribution in [3.8, 4) is 22.8 Å². The number of ether oxygens (including phenoxy) is 2. The van der Waals surface area contributed by atoms with Gasteiger partial charge in [0.1, 0.15) is 5.82 Å². The fraction of sp³-hybridized carbons (Fsp3) is 0.208. The van der Waals surface area contributed by atoms with Crippen molar-refractivity contribution >= 4 is 22.6 Å². The highest BCUT2D eigenvalue weighted by atomic mass is 16.5. The van der Waals surface area contributed by atoms with Crippen molar-refractivity contribution in [2.75, 3.05) is 19.5 Å². The van der Waals surface area contributed by atoms with Crippen molar-refractivity contribution in [2.24, 2.45) is 0 Å². The number of methoxy groups -OCH3 is 2. The zero-order chi connectivity index (χ0) is 22.0. The normalized spacial score (nSPS) is 11.0. The van der Waals surface area contributed by atoms with Gasteiger partial charge in [0, 0.05) is 23.1 Å². The van der Waals surface area contributed by atoms with Crippen molar-refractivity contribution in [3.05, 3.63) is 66.4 Å². The number of anilines is 1. The SMILES string of the molecule is COc1ccc(-c2cc(C(=O)Nc3ccnn3C(C)C)c3ccccc3n2)cc1OC. The van der Waals surface area contributed by atoms with E-state index >= 15 is 0 Å². The van der Waals surface area contributed by atoms with Crippen LogP contribution in [0.25, 0.3) is 22.2 Å². The first kappa shape index (κ1) is 20.4. The van der Waals surface area contributed by atoms with Crippen LogP contribution in [0.2, 0.25) is 0 Å². The van der Waals surface area contributed by atoms with Gasteiger partial charge in [0.25, 0.3) is 5.91 Å². The molecule has 7 heteroatoms. The minimum atomic E-state index is -0.220. The topological polar surface area (TPSA) is 78.3 Å². The summed E-state index contributed by atoms with van der Waals surface area (Å²) in [5.41, 5.74) is 2.76. The minimum absolute atomic E-state index is 0.127. The van der Waals surface area contributed by atoms with Crippen LogP contribution in [0.1, 0.15) is 30.2 Å². The molecule has 2 aromatic carbocycles. The van der Waals surface area contributed by atoms with Gasteiger partial charge in [0.05, 0.1) is 37.2 Å². The van der Waals surface area contributed by atoms with Gasteiger partial charge in [-0.25, -0.2) is 9.67 Å². The maximum atomic E-state index is 13.3. The van der Waals surface area contributed by atoms with Crippen molar-refractivity contribution in [1.29, 1.82) is 0 Å². The van der Waals surface area contributed by atoms with Gasteiger partial charge in [-0.05, 0) is 44.2 Å². The summed E-state index contributed by atoms with van der Waals surface area (Å²) >= 11 is 0. The van der Waals surface area contributed by atoms with E-state index in [1.54, 1.807) is 37.2 Å². The van der Waals surface area contributed by atoms with Crippen molar-refractivity contribution < 1.29 is 14.3 Å². The summed E-state index contributed by atoms with van der Waals surface area (Å²) in [5, 5.41) is 8.06. The van der Waals surface area contributed by atoms with Gasteiger partial charge in [-0.15, -0.1) is 0 Å². The van der Waals surface area contributed by atoms with E-state index in [1.165, 1.54) is 0 Å². The molecular formula is C24H24N4O3. The number of hydrogen-bond donors (Lipinski definition) is 1. The molecule has 0 saturated carbocycles. The number of benzene rings is 2. The lowest BCUT2D eigenvalue weighted by molar-refractivity contribution is 0.102. The number of carbonyl (C=O) groups is 1. The molecule has 0 aliphatic carbocycles. The summed E-state index contributed by atoms with van der Waals surface area (Å²) in [6.07, 6.45) is 1.68. The fourth-order valence-corrected chi connectivity index (χ4v) is 3.52. The molecular weight excluding hydrogens is 392 g/mol. The Balaban J connectivity index is 1.80. The molecule has 1 amide bonds. The van der Waals surface area contributed by atoms with Gasteiger partial charge in [-0.3, -0.25) is 4.79 Å². The number of amides is 1. The average Bonchev–Trinajstić information content (AvgIpc) is 3.26. The number of nitrogens with zero attached hydrogens (tertiary/aromatic N) is 3. The third-order valence-electron chi connectivity index (χ3n) is 5.04. The summed E-state index contributed by atoms with van der Waals surface area (Å²) in [4.78, 5) is 18.1. The molecule has 1 N–H and O–H groups in total. The smallest absolute Gasteiger partial charge is 0.257 e. The Morgan fingerprint density at radius 3 is 2.52 bits per heavy atom. The minimum Gasteiger partial charge on any atom is -0.493 e. The molecule has 0 aliphatic heterocycles. The molecule has 0 aliphatic rings. The zero-order valence-corrected chi connectivity index (χ0v) is 17.9. The van der Waals surface area contributed by atoms with E-state index in [2.05, 4.69) is 10.4 Å². The first-order chi connectivity index (χ1) is 15.0. The van der Waals surface area contributed by atoms with E-state index in [4.69, 9.17) is 14.5 Å². The maximum Gasteiger partial charge on any atom is 0.257 e. The van der Waals surface area contributed by atoms with Crippen LogP contribution < -0.4 is 14.8 Å². The predicted molar refractivity (Wildman–Crippen MR) is 121 cm³/mol. The van der Waals surface area contributed by atoms with E-state index in [0.717, 1.165) is 16.5 Å². The summed E-state index contributed by atoms with van der Waals surface area (Å²) in [7, 11) is 3.18. The van der Waals surface area contributed by atoms with Crippen molar-refractivity contribution in [2.45, 2.75) is 19.9 Å². The molecule has 0 unspecified atom stereocenters. The second-order valence-electron chi connectivity index (χ2n) is 7.35. The summed E-state index contributed by atoms with van der Waals surface area (Å²) in [5.74, 6) is 1.66. The van der Waals surface area contributed by atoms with Gasteiger partial charge in [0.15, 0.2) is 11.5 Å². The highest BCUT2D eigenvalue weighted by Crippen LogP contribution is 2.33. The van der Waals surface area contributed by atoms with E-state index in [0.29, 0.717) is 28.6 Å². The lowest BCUT2D eigenvalue weighted by Gasteiger charge is -2.14. The van der Waals surface area contributed by atoms with Crippen LogP contribution in [-0.2, 0) is 0 Å². The average molecular weight is 416 g/mol. The number of nitrogens with one attached hydrogen (secondary N) is 1. The molecule has 0 saturated heterocycles. The number of para-hydroxylation sites is 1. The molecule has 0 atom stereocenters. The van der Waals surface area contributed by atoms with Crippen LogP contribution in [0, 0.1) is 0 Å². The van der Waals surface area contributed by atoms with Crippen LogP contribution in [0.5, 0.6) is 11.5 Å². The number of fused-ring (bicyclic) bond motifs is 1. The van der Waals surface area contributed by atoms with E-state index in [9.17, 15) is 4.79 Å². The van der Waals surface area contributed by atoms with Crippen molar-refractivity contribution in [1.82, 2.24) is 14.8 Å². The third-order valence-corrected chi connectivity index (χ3v) is 5.04. The quantitative estimate of drug-likeness (QED) is 0.481. The van der Waals surface area contributed by atoms with Crippen LogP contribution >= 0.6 is 0 Å². The summed E-state index contributed by atoms with van der Waals surface area (Å²) < 4.78 is 12.5. The highest BCUT2D eigenvalue weighted by Gasteiger charge is 2.17. The van der Waals surface area contributed by atoms with Crippen molar-refractivity contribution in [3.63, 3.8) is 0 Å². The Hall–Kier alpha value is -3.87. The van der Waals surface area contributed by atoms with Gasteiger partial charge in [0.2, 0.25) is 0 Å². The number of hydrogen-bond acceptors (Lipinski definition) is 5. The van der Waals surface area contributed by atoms with Crippen LogP contribution in [0.3, 0.4) is 0 Å². The fourth-order valence-electron chi connectivity index (χ4n) is 3.52. The third kappa shape index (κ3) is 3.94. The molecule has 2 aromatic heterocycles. The Labute approximate surface area is 180 Å². The summed E-state index contributed by atoms with van der Waals surface area (Å²) in [6, 6.07) is 16.9. The Kier molecular flexibility index (Phi) is 5.58. The first-order valence-corrected chi connectivity index (χ1v) is 9.99. The standard InChI is InChI=1S/C24H24N4O3/c1-15(2)28-23(11-12-25-28)27-24(29)18-14-20(26-19-8-6-5-7-17(18)19)16-9-10-21(30-3)22(13-16)31-4/h5-15H,1-4H3,(H,27,29). The Morgan fingerprint density at radius 2 is 1.77 bits per heavy atom. The molecule has 0 spiro atoms. The van der Waals surface area contributed by atoms with E-state index in [1.807, 2.05) is 56.3 Å². The van der Waals surface area contributed by atoms with Gasteiger partial charge >= 0.3 is 0 Å². The van der Waals surface area contributed by atoms with Crippen LogP contribution in [-0.4, -0.2) is 34.9 Å². The lowest BCUT2D eigenvalue weighted by Crippen LogP contribution is -2.17. The molecule has 0 fully saturated rings. The second kappa shape index (κ2) is 8.47. The monoisotopic (exact) mass is 416 g/mol. The van der Waals surface area contributed by atoms with E-state index in [-0.39, 0.29) is 11.9 Å². The van der Waals surface area contributed by atoms with Gasteiger partial charge < -0.3 is 14.8 Å². The largest absolute Gasteiger partial charge is 0.493 e. The molecule has 0 bridgehead atoms. The Morgan fingerprint density at radius 1 is 1.00 bits per heavy atom. The summed E-state index contributed by atoms with van der Waals surface area (Å²) in [6.45, 7) is 4.03. The van der Waals surface area contributed by atoms with Gasteiger partial charge in [-0.1, -0.05) is 18.2 Å². The molecule has 2 heterocycles. The lowest BCUT2D eigenvalue weighted by atomic mass is 10.0. The number of aromatic nitrogens is 3. The molecule has 0 radical (unpaired) electrons. The molecule has 7 nitrogen and oxygen atoms in total. The van der Waals surface area contributed by atoms with Crippen LogP contribution in [0.15, 0.2) is 60.8 Å². The number of rotatable bonds is 6. The first-order valence-electron chi connectivity index (χ1n) is 9.99. The van der Waals surface area contributed by atoms with E-state index < -0.39 is 0 Å². The highest BCUT2D eigenvalue weighted by molar-refractivity contribution is 6.12. The molecule has 31 heavy (non-hydrogen) atoms. The molecule has 158 valence electrons. The van der Waals surface area contributed by atoms with Crippen LogP contribution in [0.4, 0.5) is 5.82 Å².